The predicted molar refractivity (Wildman–Crippen MR) is 67.4 cm³/mol. The zero-order valence-corrected chi connectivity index (χ0v) is 9.98. The van der Waals surface area contributed by atoms with Crippen molar-refractivity contribution >= 4 is 16.8 Å². The molecule has 0 saturated carbocycles. The molecule has 0 bridgehead atoms. The second-order valence-electron chi connectivity index (χ2n) is 4.52. The Morgan fingerprint density at radius 2 is 2.50 bits per heavy atom. The van der Waals surface area contributed by atoms with Crippen molar-refractivity contribution in [1.29, 1.82) is 0 Å². The number of amides is 1. The minimum atomic E-state index is -0.0676. The SMILES string of the molecule is O=C(NCC1CCCO1)c1ccc2cn[nH]c2c1. The number of carbonyl (C=O) groups is 1. The van der Waals surface area contributed by atoms with Gasteiger partial charge in [-0.3, -0.25) is 9.89 Å². The third kappa shape index (κ3) is 2.22. The van der Waals surface area contributed by atoms with Crippen molar-refractivity contribution in [2.24, 2.45) is 0 Å². The smallest absolute Gasteiger partial charge is 0.251 e. The van der Waals surface area contributed by atoms with E-state index in [1.165, 1.54) is 0 Å². The van der Waals surface area contributed by atoms with E-state index in [0.717, 1.165) is 30.4 Å². The monoisotopic (exact) mass is 245 g/mol. The first kappa shape index (κ1) is 11.2. The molecule has 1 fully saturated rings. The lowest BCUT2D eigenvalue weighted by atomic mass is 10.1. The van der Waals surface area contributed by atoms with E-state index in [0.29, 0.717) is 12.1 Å². The second-order valence-corrected chi connectivity index (χ2v) is 4.52. The molecule has 1 amide bonds. The second kappa shape index (κ2) is 4.78. The van der Waals surface area contributed by atoms with Crippen molar-refractivity contribution in [3.05, 3.63) is 30.0 Å². The third-order valence-corrected chi connectivity index (χ3v) is 3.22. The highest BCUT2D eigenvalue weighted by Crippen LogP contribution is 2.13. The number of hydrogen-bond acceptors (Lipinski definition) is 3. The summed E-state index contributed by atoms with van der Waals surface area (Å²) >= 11 is 0. The summed E-state index contributed by atoms with van der Waals surface area (Å²) in [7, 11) is 0. The van der Waals surface area contributed by atoms with Crippen LogP contribution < -0.4 is 5.32 Å². The number of rotatable bonds is 3. The lowest BCUT2D eigenvalue weighted by Gasteiger charge is -2.10. The average Bonchev–Trinajstić information content (AvgIpc) is 3.05. The molecule has 94 valence electrons. The molecule has 1 aromatic heterocycles. The molecule has 1 aromatic carbocycles. The van der Waals surface area contributed by atoms with Crippen LogP contribution in [0, 0.1) is 0 Å². The summed E-state index contributed by atoms with van der Waals surface area (Å²) in [5.74, 6) is -0.0676. The highest BCUT2D eigenvalue weighted by molar-refractivity contribution is 5.97. The molecule has 2 N–H and O–H groups in total. The Bertz CT molecular complexity index is 558. The van der Waals surface area contributed by atoms with E-state index in [-0.39, 0.29) is 12.0 Å². The van der Waals surface area contributed by atoms with Crippen LogP contribution >= 0.6 is 0 Å². The van der Waals surface area contributed by atoms with Gasteiger partial charge in [0.25, 0.3) is 5.91 Å². The summed E-state index contributed by atoms with van der Waals surface area (Å²) in [6.45, 7) is 1.39. The van der Waals surface area contributed by atoms with Gasteiger partial charge in [-0.2, -0.15) is 5.10 Å². The molecule has 2 aromatic rings. The normalized spacial score (nSPS) is 19.2. The molecule has 18 heavy (non-hydrogen) atoms. The quantitative estimate of drug-likeness (QED) is 0.860. The van der Waals surface area contributed by atoms with Crippen molar-refractivity contribution in [3.63, 3.8) is 0 Å². The summed E-state index contributed by atoms with van der Waals surface area (Å²) in [6, 6.07) is 5.51. The van der Waals surface area contributed by atoms with Gasteiger partial charge in [-0.05, 0) is 25.0 Å². The average molecular weight is 245 g/mol. The first-order valence-electron chi connectivity index (χ1n) is 6.16. The molecule has 1 aliphatic heterocycles. The lowest BCUT2D eigenvalue weighted by molar-refractivity contribution is 0.0858. The molecule has 0 radical (unpaired) electrons. The first-order chi connectivity index (χ1) is 8.83. The number of ether oxygens (including phenoxy) is 1. The van der Waals surface area contributed by atoms with Crippen LogP contribution in [0.5, 0.6) is 0 Å². The van der Waals surface area contributed by atoms with Crippen molar-refractivity contribution in [2.75, 3.05) is 13.2 Å². The topological polar surface area (TPSA) is 67.0 Å². The van der Waals surface area contributed by atoms with E-state index >= 15 is 0 Å². The minimum Gasteiger partial charge on any atom is -0.376 e. The molecule has 0 spiro atoms. The standard InChI is InChI=1S/C13H15N3O2/c17-13(14-8-11-2-1-5-18-11)9-3-4-10-7-15-16-12(10)6-9/h3-4,6-7,11H,1-2,5,8H2,(H,14,17)(H,15,16). The molecule has 5 heteroatoms. The van der Waals surface area contributed by atoms with Gasteiger partial charge in [0.05, 0.1) is 17.8 Å². The van der Waals surface area contributed by atoms with Gasteiger partial charge in [0.15, 0.2) is 0 Å². The van der Waals surface area contributed by atoms with Gasteiger partial charge in [0.1, 0.15) is 0 Å². The molecular formula is C13H15N3O2. The Balaban J connectivity index is 1.67. The maximum atomic E-state index is 12.0. The third-order valence-electron chi connectivity index (χ3n) is 3.22. The van der Waals surface area contributed by atoms with Crippen molar-refractivity contribution in [2.45, 2.75) is 18.9 Å². The largest absolute Gasteiger partial charge is 0.376 e. The summed E-state index contributed by atoms with van der Waals surface area (Å²) in [5.41, 5.74) is 1.52. The number of carbonyl (C=O) groups excluding carboxylic acids is 1. The van der Waals surface area contributed by atoms with E-state index in [2.05, 4.69) is 15.5 Å². The number of nitrogens with one attached hydrogen (secondary N) is 2. The Morgan fingerprint density at radius 1 is 1.56 bits per heavy atom. The Morgan fingerprint density at radius 3 is 3.33 bits per heavy atom. The van der Waals surface area contributed by atoms with Crippen molar-refractivity contribution in [1.82, 2.24) is 15.5 Å². The highest BCUT2D eigenvalue weighted by atomic mass is 16.5. The minimum absolute atomic E-state index is 0.0676. The fraction of sp³-hybridized carbons (Fsp3) is 0.385. The molecule has 0 aliphatic carbocycles. The van der Waals surface area contributed by atoms with Crippen LogP contribution in [0.4, 0.5) is 0 Å². The van der Waals surface area contributed by atoms with Gasteiger partial charge >= 0.3 is 0 Å². The van der Waals surface area contributed by atoms with Crippen LogP contribution in [0.2, 0.25) is 0 Å². The van der Waals surface area contributed by atoms with Crippen LogP contribution in [0.3, 0.4) is 0 Å². The van der Waals surface area contributed by atoms with Crippen LogP contribution in [0.25, 0.3) is 10.9 Å². The van der Waals surface area contributed by atoms with Crippen LogP contribution in [0.15, 0.2) is 24.4 Å². The summed E-state index contributed by atoms with van der Waals surface area (Å²) < 4.78 is 5.47. The lowest BCUT2D eigenvalue weighted by Crippen LogP contribution is -2.31. The van der Waals surface area contributed by atoms with E-state index < -0.39 is 0 Å². The van der Waals surface area contributed by atoms with Crippen molar-refractivity contribution in [3.8, 4) is 0 Å². The first-order valence-corrected chi connectivity index (χ1v) is 6.16. The summed E-state index contributed by atoms with van der Waals surface area (Å²) in [5, 5.41) is 10.7. The molecule has 1 aliphatic rings. The van der Waals surface area contributed by atoms with Gasteiger partial charge < -0.3 is 10.1 Å². The Kier molecular flexibility index (Phi) is 2.98. The van der Waals surface area contributed by atoms with Crippen LogP contribution in [-0.4, -0.2) is 35.4 Å². The molecule has 1 unspecified atom stereocenters. The molecule has 2 heterocycles. The van der Waals surface area contributed by atoms with E-state index in [1.807, 2.05) is 18.2 Å². The number of fused-ring (bicyclic) bond motifs is 1. The number of benzene rings is 1. The number of hydrogen-bond donors (Lipinski definition) is 2. The van der Waals surface area contributed by atoms with E-state index in [1.54, 1.807) is 6.20 Å². The molecule has 3 rings (SSSR count). The number of aromatic amines is 1. The van der Waals surface area contributed by atoms with Crippen LogP contribution in [0.1, 0.15) is 23.2 Å². The number of H-pyrrole nitrogens is 1. The Labute approximate surface area is 105 Å². The van der Waals surface area contributed by atoms with Gasteiger partial charge in [-0.25, -0.2) is 0 Å². The molecule has 5 nitrogen and oxygen atoms in total. The zero-order valence-electron chi connectivity index (χ0n) is 9.98. The zero-order chi connectivity index (χ0) is 12.4. The Hall–Kier alpha value is -1.88. The number of aromatic nitrogens is 2. The van der Waals surface area contributed by atoms with Crippen LogP contribution in [-0.2, 0) is 4.74 Å². The predicted octanol–water partition coefficient (Wildman–Crippen LogP) is 1.47. The van der Waals surface area contributed by atoms with Gasteiger partial charge in [0.2, 0.25) is 0 Å². The molecule has 1 saturated heterocycles. The van der Waals surface area contributed by atoms with E-state index in [9.17, 15) is 4.79 Å². The van der Waals surface area contributed by atoms with Gasteiger partial charge in [0, 0.05) is 24.1 Å². The fourth-order valence-corrected chi connectivity index (χ4v) is 2.19. The highest BCUT2D eigenvalue weighted by Gasteiger charge is 2.16. The maximum Gasteiger partial charge on any atom is 0.251 e. The maximum absolute atomic E-state index is 12.0. The van der Waals surface area contributed by atoms with Crippen molar-refractivity contribution < 1.29 is 9.53 Å². The van der Waals surface area contributed by atoms with E-state index in [4.69, 9.17) is 4.74 Å². The summed E-state index contributed by atoms with van der Waals surface area (Å²) in [4.78, 5) is 12.0. The molecular weight excluding hydrogens is 230 g/mol. The van der Waals surface area contributed by atoms with Gasteiger partial charge in [-0.15, -0.1) is 0 Å². The number of nitrogens with zero attached hydrogens (tertiary/aromatic N) is 1. The van der Waals surface area contributed by atoms with Gasteiger partial charge in [-0.1, -0.05) is 6.07 Å². The fourth-order valence-electron chi connectivity index (χ4n) is 2.19. The summed E-state index contributed by atoms with van der Waals surface area (Å²) in [6.07, 6.45) is 4.02. The molecule has 1 atom stereocenters.